The number of hydrogen-bond acceptors (Lipinski definition) is 11. The Morgan fingerprint density at radius 2 is 1.40 bits per heavy atom. The number of aliphatic hydroxyl groups excluding tert-OH is 1. The number of amides is 2. The zero-order chi connectivity index (χ0) is 32.5. The molecule has 0 aromatic heterocycles. The molecule has 2 amide bonds. The Hall–Kier alpha value is -5.02. The van der Waals surface area contributed by atoms with E-state index < -0.39 is 34.2 Å². The van der Waals surface area contributed by atoms with E-state index in [1.807, 2.05) is 0 Å². The van der Waals surface area contributed by atoms with Crippen molar-refractivity contribution < 1.29 is 38.8 Å². The minimum absolute atomic E-state index is 0.0632. The number of nitrogens with zero attached hydrogens (tertiary/aromatic N) is 3. The summed E-state index contributed by atoms with van der Waals surface area (Å²) in [6.45, 7) is 1.57. The summed E-state index contributed by atoms with van der Waals surface area (Å²) in [4.78, 5) is 58.9. The van der Waals surface area contributed by atoms with Crippen LogP contribution < -0.4 is 5.32 Å². The number of non-ortho nitro benzene ring substituents is 2. The number of benzene rings is 3. The van der Waals surface area contributed by atoms with Gasteiger partial charge in [0.25, 0.3) is 11.4 Å². The van der Waals surface area contributed by atoms with Crippen LogP contribution in [0.25, 0.3) is 0 Å². The molecule has 0 unspecified atom stereocenters. The van der Waals surface area contributed by atoms with Crippen LogP contribution in [0.15, 0.2) is 72.8 Å². The second-order valence-electron chi connectivity index (χ2n) is 10.2. The quantitative estimate of drug-likeness (QED) is 0.212. The summed E-state index contributed by atoms with van der Waals surface area (Å²) >= 11 is 1.09. The lowest BCUT2D eigenvalue weighted by molar-refractivity contribution is -0.385. The lowest BCUT2D eigenvalue weighted by atomic mass is 9.99. The van der Waals surface area contributed by atoms with E-state index in [4.69, 9.17) is 9.47 Å². The molecule has 14 nitrogen and oxygen atoms in total. The summed E-state index contributed by atoms with van der Waals surface area (Å²) in [7, 11) is 0. The Morgan fingerprint density at radius 1 is 0.889 bits per heavy atom. The number of aliphatic hydroxyl groups is 1. The van der Waals surface area contributed by atoms with Crippen molar-refractivity contribution in [3.8, 4) is 0 Å². The molecule has 0 spiro atoms. The highest BCUT2D eigenvalue weighted by Crippen LogP contribution is 2.35. The van der Waals surface area contributed by atoms with E-state index in [0.717, 1.165) is 11.8 Å². The molecule has 0 aliphatic carbocycles. The van der Waals surface area contributed by atoms with Crippen LogP contribution in [-0.2, 0) is 34.0 Å². The molecule has 0 saturated carbocycles. The van der Waals surface area contributed by atoms with E-state index in [1.165, 1.54) is 60.4 Å². The zero-order valence-corrected chi connectivity index (χ0v) is 24.9. The number of nitro benzene ring substituents is 2. The SMILES string of the molecule is CC(=O)S[C@H]1C[C@@H]([C@@H](O)c2ccc(CNC(=O)OCc3ccc([N+](=O)[O-])cc3)cc2)N(C(=O)OCc2ccc([N+](=O)[O-])cc2)C1. The lowest BCUT2D eigenvalue weighted by Crippen LogP contribution is -2.39. The molecule has 1 heterocycles. The van der Waals surface area contributed by atoms with Crippen LogP contribution in [0.2, 0.25) is 0 Å². The largest absolute Gasteiger partial charge is 0.445 e. The van der Waals surface area contributed by atoms with Crippen LogP contribution in [0.5, 0.6) is 0 Å². The smallest absolute Gasteiger partial charge is 0.410 e. The van der Waals surface area contributed by atoms with Gasteiger partial charge in [0, 0.05) is 49.5 Å². The van der Waals surface area contributed by atoms with Gasteiger partial charge in [-0.3, -0.25) is 25.0 Å². The average Bonchev–Trinajstić information content (AvgIpc) is 3.45. The highest BCUT2D eigenvalue weighted by atomic mass is 32.2. The number of alkyl carbamates (subject to hydrolysis) is 1. The van der Waals surface area contributed by atoms with Crippen molar-refractivity contribution in [2.75, 3.05) is 6.54 Å². The number of nitro groups is 2. The molecule has 1 aliphatic heterocycles. The van der Waals surface area contributed by atoms with Crippen molar-refractivity contribution in [2.24, 2.45) is 0 Å². The molecule has 3 atom stereocenters. The maximum atomic E-state index is 13.1. The van der Waals surface area contributed by atoms with Crippen molar-refractivity contribution in [2.45, 2.75) is 50.5 Å². The highest BCUT2D eigenvalue weighted by molar-refractivity contribution is 8.14. The van der Waals surface area contributed by atoms with Crippen molar-refractivity contribution >= 4 is 40.4 Å². The molecule has 0 bridgehead atoms. The van der Waals surface area contributed by atoms with E-state index in [-0.39, 0.29) is 48.0 Å². The van der Waals surface area contributed by atoms with Gasteiger partial charge in [-0.15, -0.1) is 0 Å². The van der Waals surface area contributed by atoms with E-state index >= 15 is 0 Å². The van der Waals surface area contributed by atoms with Crippen molar-refractivity contribution in [1.82, 2.24) is 10.2 Å². The molecule has 45 heavy (non-hydrogen) atoms. The molecule has 3 aromatic carbocycles. The number of nitrogens with one attached hydrogen (secondary N) is 1. The first-order valence-electron chi connectivity index (χ1n) is 13.7. The topological polar surface area (TPSA) is 191 Å². The highest BCUT2D eigenvalue weighted by Gasteiger charge is 2.41. The third kappa shape index (κ3) is 9.23. The van der Waals surface area contributed by atoms with Crippen LogP contribution in [0, 0.1) is 20.2 Å². The Labute approximate surface area is 261 Å². The van der Waals surface area contributed by atoms with Gasteiger partial charge in [0.05, 0.1) is 22.0 Å². The Kier molecular flexibility index (Phi) is 11.0. The minimum atomic E-state index is -1.09. The second kappa shape index (κ2) is 15.1. The Morgan fingerprint density at radius 3 is 1.91 bits per heavy atom. The van der Waals surface area contributed by atoms with E-state index in [9.17, 15) is 39.7 Å². The fourth-order valence-corrected chi connectivity index (χ4v) is 5.74. The lowest BCUT2D eigenvalue weighted by Gasteiger charge is -2.28. The van der Waals surface area contributed by atoms with Gasteiger partial charge < -0.3 is 24.8 Å². The Bertz CT molecular complexity index is 1530. The number of ether oxygens (including phenoxy) is 2. The first-order valence-corrected chi connectivity index (χ1v) is 14.6. The third-order valence-electron chi connectivity index (χ3n) is 7.02. The van der Waals surface area contributed by atoms with Gasteiger partial charge in [0.1, 0.15) is 13.2 Å². The summed E-state index contributed by atoms with van der Waals surface area (Å²) in [5, 5.41) is 35.1. The van der Waals surface area contributed by atoms with Crippen molar-refractivity contribution in [1.29, 1.82) is 0 Å². The summed E-state index contributed by atoms with van der Waals surface area (Å²) in [6, 6.07) is 17.4. The predicted molar refractivity (Wildman–Crippen MR) is 162 cm³/mol. The molecule has 3 aromatic rings. The van der Waals surface area contributed by atoms with Crippen LogP contribution in [0.1, 0.15) is 41.7 Å². The minimum Gasteiger partial charge on any atom is -0.445 e. The number of likely N-dealkylation sites (tertiary alicyclic amines) is 1. The van der Waals surface area contributed by atoms with Crippen LogP contribution in [-0.4, -0.2) is 55.0 Å². The van der Waals surface area contributed by atoms with Gasteiger partial charge >= 0.3 is 12.2 Å². The van der Waals surface area contributed by atoms with Crippen LogP contribution >= 0.6 is 11.8 Å². The number of carbonyl (C=O) groups excluding carboxylic acids is 3. The van der Waals surface area contributed by atoms with Gasteiger partial charge in [0.15, 0.2) is 5.12 Å². The number of thioether (sulfide) groups is 1. The normalized spacial score (nSPS) is 16.4. The van der Waals surface area contributed by atoms with Gasteiger partial charge in [-0.25, -0.2) is 9.59 Å². The van der Waals surface area contributed by atoms with E-state index in [2.05, 4.69) is 5.32 Å². The fraction of sp³-hybridized carbons (Fsp3) is 0.300. The van der Waals surface area contributed by atoms with E-state index in [1.54, 1.807) is 24.3 Å². The molecular formula is C30H30N4O10S. The summed E-state index contributed by atoms with van der Waals surface area (Å²) < 4.78 is 10.6. The standard InChI is InChI=1S/C30H30N4O10S/c1-19(35)45-26-14-27(32(16-26)30(38)44-18-22-6-12-25(13-7-22)34(41)42)28(36)23-8-2-20(3-9-23)15-31-29(37)43-17-21-4-10-24(11-5-21)33(39)40/h2-13,26-28,36H,14-18H2,1H3,(H,31,37)/t26-,27-,28-/m0/s1. The van der Waals surface area contributed by atoms with Crippen molar-refractivity contribution in [3.63, 3.8) is 0 Å². The van der Waals surface area contributed by atoms with E-state index in [0.29, 0.717) is 28.7 Å². The number of carbonyl (C=O) groups is 3. The molecule has 4 rings (SSSR count). The molecule has 0 radical (unpaired) electrons. The van der Waals surface area contributed by atoms with Gasteiger partial charge in [0.2, 0.25) is 0 Å². The molecule has 236 valence electrons. The van der Waals surface area contributed by atoms with Crippen LogP contribution in [0.3, 0.4) is 0 Å². The summed E-state index contributed by atoms with van der Waals surface area (Å²) in [5.41, 5.74) is 2.24. The zero-order valence-electron chi connectivity index (χ0n) is 24.1. The summed E-state index contributed by atoms with van der Waals surface area (Å²) in [6.07, 6.45) is -2.11. The van der Waals surface area contributed by atoms with Gasteiger partial charge in [-0.2, -0.15) is 0 Å². The molecular weight excluding hydrogens is 608 g/mol. The number of hydrogen-bond donors (Lipinski definition) is 2. The first kappa shape index (κ1) is 32.9. The maximum Gasteiger partial charge on any atom is 0.410 e. The van der Waals surface area contributed by atoms with Crippen molar-refractivity contribution in [3.05, 3.63) is 115 Å². The van der Waals surface area contributed by atoms with Crippen LogP contribution in [0.4, 0.5) is 21.0 Å². The predicted octanol–water partition coefficient (Wildman–Crippen LogP) is 5.02. The van der Waals surface area contributed by atoms with Gasteiger partial charge in [-0.05, 0) is 52.9 Å². The molecule has 1 fully saturated rings. The van der Waals surface area contributed by atoms with Gasteiger partial charge in [-0.1, -0.05) is 36.0 Å². The Balaban J connectivity index is 1.32. The average molecular weight is 639 g/mol. The second-order valence-corrected chi connectivity index (χ2v) is 11.7. The monoisotopic (exact) mass is 638 g/mol. The fourth-order valence-electron chi connectivity index (χ4n) is 4.74. The molecule has 1 saturated heterocycles. The molecule has 1 aliphatic rings. The first-order chi connectivity index (χ1) is 21.5. The molecule has 2 N–H and O–H groups in total. The third-order valence-corrected chi connectivity index (χ3v) is 8.03. The maximum absolute atomic E-state index is 13.1. The summed E-state index contributed by atoms with van der Waals surface area (Å²) in [5.74, 6) is 0. The molecule has 15 heteroatoms. The number of rotatable bonds is 11.